The summed E-state index contributed by atoms with van der Waals surface area (Å²) < 4.78 is 0. The highest BCUT2D eigenvalue weighted by Crippen LogP contribution is 2.39. The normalized spacial score (nSPS) is 11.0. The van der Waals surface area contributed by atoms with Crippen molar-refractivity contribution in [3.8, 4) is 96.3 Å². The van der Waals surface area contributed by atoms with Crippen molar-refractivity contribution in [2.24, 2.45) is 0 Å². The molecule has 0 atom stereocenters. The van der Waals surface area contributed by atoms with Gasteiger partial charge in [-0.3, -0.25) is 0 Å². The molecule has 0 aliphatic heterocycles. The highest BCUT2D eigenvalue weighted by atomic mass is 15.0. The van der Waals surface area contributed by atoms with Crippen LogP contribution in [-0.4, -0.2) is 24.9 Å². The summed E-state index contributed by atoms with van der Waals surface area (Å²) in [4.78, 5) is 25.3. The lowest BCUT2D eigenvalue weighted by Crippen LogP contribution is -2.01. The predicted octanol–water partition coefficient (Wildman–Crippen LogP) is 13.0. The standard InChI is InChI=1S/C54H34N6/c55-35-36-15-13-20-41(33-36)42-21-14-22-43(34-42)53-58-52(40-18-5-2-6-19-40)59-54(60-53)47-26-10-9-25-46(47)45-24-8-7-23-44(45)37-29-31-38(32-30-37)50-48-27-11-12-28-49(48)56-51(57-50)39-16-3-1-4-17-39/h1-34H. The van der Waals surface area contributed by atoms with Gasteiger partial charge in [-0.05, 0) is 57.6 Å². The molecule has 0 aliphatic rings. The summed E-state index contributed by atoms with van der Waals surface area (Å²) in [5.74, 6) is 2.41. The van der Waals surface area contributed by atoms with Crippen LogP contribution in [0.15, 0.2) is 206 Å². The Morgan fingerprint density at radius 1 is 0.300 bits per heavy atom. The maximum absolute atomic E-state index is 9.55. The first-order valence-electron chi connectivity index (χ1n) is 19.7. The van der Waals surface area contributed by atoms with Crippen molar-refractivity contribution in [3.05, 3.63) is 212 Å². The van der Waals surface area contributed by atoms with Gasteiger partial charge in [0.25, 0.3) is 0 Å². The maximum atomic E-state index is 9.55. The van der Waals surface area contributed by atoms with Gasteiger partial charge in [0.1, 0.15) is 0 Å². The largest absolute Gasteiger partial charge is 0.228 e. The first kappa shape index (κ1) is 36.0. The molecular weight excluding hydrogens is 733 g/mol. The number of benzene rings is 8. The highest BCUT2D eigenvalue weighted by Gasteiger charge is 2.19. The zero-order chi connectivity index (χ0) is 40.3. The number of fused-ring (bicyclic) bond motifs is 1. The van der Waals surface area contributed by atoms with Crippen molar-refractivity contribution in [2.45, 2.75) is 0 Å². The number of hydrogen-bond acceptors (Lipinski definition) is 6. The quantitative estimate of drug-likeness (QED) is 0.153. The molecule has 0 saturated heterocycles. The molecule has 0 spiro atoms. The summed E-state index contributed by atoms with van der Waals surface area (Å²) in [6.07, 6.45) is 0. The third-order valence-corrected chi connectivity index (χ3v) is 10.6. The van der Waals surface area contributed by atoms with Crippen LogP contribution in [0.5, 0.6) is 0 Å². The zero-order valence-corrected chi connectivity index (χ0v) is 32.3. The van der Waals surface area contributed by atoms with E-state index in [1.807, 2.05) is 127 Å². The van der Waals surface area contributed by atoms with Crippen LogP contribution in [0.2, 0.25) is 0 Å². The number of nitrogens with zero attached hydrogens (tertiary/aromatic N) is 6. The molecule has 6 heteroatoms. The third-order valence-electron chi connectivity index (χ3n) is 10.6. The van der Waals surface area contributed by atoms with E-state index in [2.05, 4.69) is 84.9 Å². The Bertz CT molecular complexity index is 3210. The Morgan fingerprint density at radius 2 is 0.783 bits per heavy atom. The minimum absolute atomic E-state index is 0.559. The second-order valence-corrected chi connectivity index (χ2v) is 14.4. The molecule has 0 saturated carbocycles. The Kier molecular flexibility index (Phi) is 9.51. The molecule has 280 valence electrons. The average molecular weight is 767 g/mol. The summed E-state index contributed by atoms with van der Waals surface area (Å²) in [7, 11) is 0. The second kappa shape index (κ2) is 15.9. The molecule has 60 heavy (non-hydrogen) atoms. The number of rotatable bonds is 8. The summed E-state index contributed by atoms with van der Waals surface area (Å²) >= 11 is 0. The fraction of sp³-hybridized carbons (Fsp3) is 0. The van der Waals surface area contributed by atoms with Crippen molar-refractivity contribution in [3.63, 3.8) is 0 Å². The van der Waals surface area contributed by atoms with Crippen LogP contribution < -0.4 is 0 Å². The van der Waals surface area contributed by atoms with E-state index in [1.165, 1.54) is 0 Å². The molecular formula is C54H34N6. The highest BCUT2D eigenvalue weighted by molar-refractivity contribution is 5.95. The molecule has 2 aromatic heterocycles. The minimum atomic E-state index is 0.559. The molecule has 2 heterocycles. The number of hydrogen-bond donors (Lipinski definition) is 0. The van der Waals surface area contributed by atoms with E-state index in [4.69, 9.17) is 24.9 Å². The second-order valence-electron chi connectivity index (χ2n) is 14.4. The van der Waals surface area contributed by atoms with Crippen LogP contribution in [0.4, 0.5) is 0 Å². The fourth-order valence-electron chi connectivity index (χ4n) is 7.65. The van der Waals surface area contributed by atoms with E-state index < -0.39 is 0 Å². The van der Waals surface area contributed by atoms with Gasteiger partial charge in [0.2, 0.25) is 0 Å². The van der Waals surface area contributed by atoms with Crippen molar-refractivity contribution in [1.82, 2.24) is 24.9 Å². The molecule has 0 radical (unpaired) electrons. The Labute approximate surface area is 347 Å². The summed E-state index contributed by atoms with van der Waals surface area (Å²) in [5.41, 5.74) is 13.2. The predicted molar refractivity (Wildman–Crippen MR) is 241 cm³/mol. The summed E-state index contributed by atoms with van der Waals surface area (Å²) in [6.45, 7) is 0. The average Bonchev–Trinajstić information content (AvgIpc) is 3.34. The first-order valence-corrected chi connectivity index (χ1v) is 19.7. The van der Waals surface area contributed by atoms with Crippen LogP contribution >= 0.6 is 0 Å². The number of para-hydroxylation sites is 1. The summed E-state index contributed by atoms with van der Waals surface area (Å²) in [5, 5.41) is 10.6. The summed E-state index contributed by atoms with van der Waals surface area (Å²) in [6, 6.07) is 71.7. The smallest absolute Gasteiger partial charge is 0.164 e. The van der Waals surface area contributed by atoms with Crippen molar-refractivity contribution >= 4 is 10.9 Å². The van der Waals surface area contributed by atoms with Crippen LogP contribution in [0.1, 0.15) is 5.56 Å². The number of nitriles is 1. The van der Waals surface area contributed by atoms with Gasteiger partial charge in [0.15, 0.2) is 23.3 Å². The lowest BCUT2D eigenvalue weighted by molar-refractivity contribution is 1.07. The molecule has 6 nitrogen and oxygen atoms in total. The zero-order valence-electron chi connectivity index (χ0n) is 32.3. The molecule has 0 fully saturated rings. The van der Waals surface area contributed by atoms with Gasteiger partial charge in [-0.1, -0.05) is 182 Å². The SMILES string of the molecule is N#Cc1cccc(-c2cccc(-c3nc(-c4ccccc4)nc(-c4ccccc4-c4ccccc4-c4ccc(-c5nc(-c6ccccc6)nc6ccccc56)cc4)n3)c2)c1. The van der Waals surface area contributed by atoms with E-state index in [0.717, 1.165) is 77.8 Å². The molecule has 0 aliphatic carbocycles. The monoisotopic (exact) mass is 766 g/mol. The van der Waals surface area contributed by atoms with E-state index in [9.17, 15) is 5.26 Å². The van der Waals surface area contributed by atoms with Crippen molar-refractivity contribution in [1.29, 1.82) is 5.26 Å². The van der Waals surface area contributed by atoms with Gasteiger partial charge in [-0.25, -0.2) is 24.9 Å². The maximum Gasteiger partial charge on any atom is 0.164 e. The Hall–Kier alpha value is -8.40. The van der Waals surface area contributed by atoms with Gasteiger partial charge in [-0.15, -0.1) is 0 Å². The molecule has 10 aromatic rings. The minimum Gasteiger partial charge on any atom is -0.228 e. The van der Waals surface area contributed by atoms with Gasteiger partial charge < -0.3 is 0 Å². The topological polar surface area (TPSA) is 88.2 Å². The van der Waals surface area contributed by atoms with Gasteiger partial charge in [-0.2, -0.15) is 5.26 Å². The van der Waals surface area contributed by atoms with E-state index >= 15 is 0 Å². The van der Waals surface area contributed by atoms with Crippen molar-refractivity contribution in [2.75, 3.05) is 0 Å². The molecule has 8 aromatic carbocycles. The van der Waals surface area contributed by atoms with Crippen LogP contribution in [0, 0.1) is 11.3 Å². The molecule has 0 N–H and O–H groups in total. The van der Waals surface area contributed by atoms with Crippen LogP contribution in [0.25, 0.3) is 101 Å². The van der Waals surface area contributed by atoms with Crippen molar-refractivity contribution < 1.29 is 0 Å². The third kappa shape index (κ3) is 7.08. The molecule has 10 rings (SSSR count). The Morgan fingerprint density at radius 3 is 1.48 bits per heavy atom. The molecule has 0 amide bonds. The lowest BCUT2D eigenvalue weighted by Gasteiger charge is -2.15. The van der Waals surface area contributed by atoms with Crippen LogP contribution in [-0.2, 0) is 0 Å². The van der Waals surface area contributed by atoms with E-state index in [1.54, 1.807) is 0 Å². The lowest BCUT2D eigenvalue weighted by atomic mass is 9.91. The number of aromatic nitrogens is 5. The molecule has 0 unspecified atom stereocenters. The Balaban J connectivity index is 1.07. The van der Waals surface area contributed by atoms with Gasteiger partial charge in [0, 0.05) is 33.2 Å². The van der Waals surface area contributed by atoms with E-state index in [-0.39, 0.29) is 0 Å². The van der Waals surface area contributed by atoms with E-state index in [0.29, 0.717) is 28.9 Å². The van der Waals surface area contributed by atoms with Gasteiger partial charge >= 0.3 is 0 Å². The first-order chi connectivity index (χ1) is 29.7. The van der Waals surface area contributed by atoms with Gasteiger partial charge in [0.05, 0.1) is 22.8 Å². The van der Waals surface area contributed by atoms with Crippen LogP contribution in [0.3, 0.4) is 0 Å². The fourth-order valence-corrected chi connectivity index (χ4v) is 7.65. The molecule has 0 bridgehead atoms.